The van der Waals surface area contributed by atoms with Gasteiger partial charge in [0.05, 0.1) is 18.4 Å². The lowest BCUT2D eigenvalue weighted by Gasteiger charge is -2.35. The molecule has 2 amide bonds. The van der Waals surface area contributed by atoms with Crippen LogP contribution in [0.2, 0.25) is 0 Å². The summed E-state index contributed by atoms with van der Waals surface area (Å²) in [6.07, 6.45) is 7.28. The number of rotatable bonds is 10. The van der Waals surface area contributed by atoms with Gasteiger partial charge in [-0.05, 0) is 31.0 Å². The number of nitrogens with zero attached hydrogens (tertiary/aromatic N) is 4. The summed E-state index contributed by atoms with van der Waals surface area (Å²) < 4.78 is 2.01. The first-order chi connectivity index (χ1) is 17.4. The van der Waals surface area contributed by atoms with Gasteiger partial charge >= 0.3 is 0 Å². The molecule has 1 aliphatic heterocycles. The fourth-order valence-corrected chi connectivity index (χ4v) is 4.99. The van der Waals surface area contributed by atoms with Crippen LogP contribution in [0.15, 0.2) is 36.8 Å². The summed E-state index contributed by atoms with van der Waals surface area (Å²) in [5.74, 6) is 1.33. The molecule has 2 fully saturated rings. The van der Waals surface area contributed by atoms with Crippen molar-refractivity contribution >= 4 is 35.4 Å². The first-order valence-electron chi connectivity index (χ1n) is 12.3. The Balaban J connectivity index is 1.43. The van der Waals surface area contributed by atoms with Crippen molar-refractivity contribution in [1.29, 1.82) is 5.41 Å². The van der Waals surface area contributed by atoms with E-state index in [0.29, 0.717) is 35.3 Å². The van der Waals surface area contributed by atoms with Crippen LogP contribution in [0.1, 0.15) is 47.8 Å². The largest absolute Gasteiger partial charge is 0.369 e. The highest BCUT2D eigenvalue weighted by molar-refractivity contribution is 5.98. The van der Waals surface area contributed by atoms with Crippen LogP contribution in [0.25, 0.3) is 0 Å². The normalized spacial score (nSPS) is 16.5. The van der Waals surface area contributed by atoms with E-state index in [2.05, 4.69) is 37.3 Å². The van der Waals surface area contributed by atoms with Gasteiger partial charge in [-0.2, -0.15) is 0 Å². The summed E-state index contributed by atoms with van der Waals surface area (Å²) in [5.41, 5.74) is 7.47. The van der Waals surface area contributed by atoms with Gasteiger partial charge in [0, 0.05) is 51.0 Å². The van der Waals surface area contributed by atoms with E-state index in [4.69, 9.17) is 11.1 Å². The minimum absolute atomic E-state index is 0.177. The van der Waals surface area contributed by atoms with Crippen molar-refractivity contribution in [3.8, 4) is 0 Å². The number of amides is 2. The van der Waals surface area contributed by atoms with E-state index in [1.54, 1.807) is 13.1 Å². The molecule has 0 radical (unpaired) electrons. The number of anilines is 3. The van der Waals surface area contributed by atoms with Gasteiger partial charge in [-0.25, -0.2) is 4.98 Å². The first kappa shape index (κ1) is 25.2. The number of carbonyl (C=O) groups is 2. The van der Waals surface area contributed by atoms with E-state index in [0.717, 1.165) is 57.5 Å². The van der Waals surface area contributed by atoms with Gasteiger partial charge in [0.2, 0.25) is 5.91 Å². The molecule has 192 valence electrons. The van der Waals surface area contributed by atoms with E-state index in [-0.39, 0.29) is 17.9 Å². The highest BCUT2D eigenvalue weighted by Gasteiger charge is 2.27. The van der Waals surface area contributed by atoms with Crippen LogP contribution in [0, 0.1) is 5.41 Å². The average molecular weight is 494 g/mol. The maximum atomic E-state index is 12.6. The van der Waals surface area contributed by atoms with Crippen LogP contribution in [0.4, 0.5) is 17.3 Å². The van der Waals surface area contributed by atoms with Gasteiger partial charge in [0.25, 0.3) is 5.91 Å². The predicted octanol–water partition coefficient (Wildman–Crippen LogP) is 1.96. The number of nitrogens with two attached hydrogens (primary N) is 1. The number of aromatic nitrogens is 2. The van der Waals surface area contributed by atoms with Crippen LogP contribution in [-0.2, 0) is 4.79 Å². The minimum atomic E-state index is -0.303. The second kappa shape index (κ2) is 11.3. The molecule has 2 aliphatic rings. The van der Waals surface area contributed by atoms with Crippen LogP contribution in [-0.4, -0.2) is 72.3 Å². The quantitative estimate of drug-likeness (QED) is 0.318. The van der Waals surface area contributed by atoms with Crippen molar-refractivity contribution in [1.82, 2.24) is 19.8 Å². The Morgan fingerprint density at radius 1 is 1.19 bits per heavy atom. The van der Waals surface area contributed by atoms with Crippen molar-refractivity contribution in [2.75, 3.05) is 55.3 Å². The molecule has 0 unspecified atom stereocenters. The Kier molecular flexibility index (Phi) is 7.89. The molecule has 2 aromatic rings. The SMILES string of the molecule is C=C(Nc1ccc(N2CCN(CC(N)=O)CC2)cn1)Nc1c(C=N)cc(C(=O)NC)n1C1CCCC1. The van der Waals surface area contributed by atoms with E-state index in [1.807, 2.05) is 22.9 Å². The molecule has 0 atom stereocenters. The zero-order chi connectivity index (χ0) is 25.7. The summed E-state index contributed by atoms with van der Waals surface area (Å²) in [6.45, 7) is 7.54. The Bertz CT molecular complexity index is 1110. The number of nitrogens with one attached hydrogen (secondary N) is 4. The van der Waals surface area contributed by atoms with Crippen molar-refractivity contribution in [2.45, 2.75) is 31.7 Å². The monoisotopic (exact) mass is 493 g/mol. The Morgan fingerprint density at radius 2 is 1.92 bits per heavy atom. The fraction of sp³-hybridized carbons (Fsp3) is 0.440. The topological polar surface area (TPSA) is 144 Å². The van der Waals surface area contributed by atoms with Crippen LogP contribution in [0.3, 0.4) is 0 Å². The summed E-state index contributed by atoms with van der Waals surface area (Å²) in [5, 5.41) is 17.1. The van der Waals surface area contributed by atoms with Gasteiger partial charge in [0.15, 0.2) is 0 Å². The Morgan fingerprint density at radius 3 is 2.50 bits per heavy atom. The smallest absolute Gasteiger partial charge is 0.267 e. The van der Waals surface area contributed by atoms with E-state index < -0.39 is 0 Å². The number of piperazine rings is 1. The molecule has 0 bridgehead atoms. The molecule has 11 heteroatoms. The number of hydrogen-bond acceptors (Lipinski definition) is 8. The molecule has 4 rings (SSSR count). The molecule has 0 spiro atoms. The molecule has 3 heterocycles. The van der Waals surface area contributed by atoms with Gasteiger partial charge < -0.3 is 36.6 Å². The van der Waals surface area contributed by atoms with Crippen LogP contribution < -0.4 is 26.6 Å². The average Bonchev–Trinajstić information content (AvgIpc) is 3.52. The molecule has 1 saturated heterocycles. The maximum Gasteiger partial charge on any atom is 0.267 e. The fourth-order valence-electron chi connectivity index (χ4n) is 4.99. The van der Waals surface area contributed by atoms with E-state index in [1.165, 1.54) is 6.21 Å². The van der Waals surface area contributed by atoms with Crippen LogP contribution in [0.5, 0.6) is 0 Å². The molecule has 11 nitrogen and oxygen atoms in total. The van der Waals surface area contributed by atoms with Crippen molar-refractivity contribution < 1.29 is 9.59 Å². The van der Waals surface area contributed by atoms with E-state index in [9.17, 15) is 9.59 Å². The lowest BCUT2D eigenvalue weighted by Crippen LogP contribution is -2.48. The molecule has 0 aromatic carbocycles. The second-order valence-corrected chi connectivity index (χ2v) is 9.22. The van der Waals surface area contributed by atoms with Crippen molar-refractivity contribution in [2.24, 2.45) is 5.73 Å². The molecular formula is C25H35N9O2. The summed E-state index contributed by atoms with van der Waals surface area (Å²) >= 11 is 0. The third-order valence-electron chi connectivity index (χ3n) is 6.78. The summed E-state index contributed by atoms with van der Waals surface area (Å²) in [6, 6.07) is 5.83. The highest BCUT2D eigenvalue weighted by Crippen LogP contribution is 2.36. The summed E-state index contributed by atoms with van der Waals surface area (Å²) in [4.78, 5) is 32.5. The number of pyridine rings is 1. The number of hydrogen-bond donors (Lipinski definition) is 5. The molecule has 1 saturated carbocycles. The maximum absolute atomic E-state index is 12.6. The van der Waals surface area contributed by atoms with Gasteiger partial charge in [0.1, 0.15) is 23.2 Å². The van der Waals surface area contributed by atoms with E-state index >= 15 is 0 Å². The summed E-state index contributed by atoms with van der Waals surface area (Å²) in [7, 11) is 1.61. The first-order valence-corrected chi connectivity index (χ1v) is 12.3. The number of primary amides is 1. The molecule has 1 aliphatic carbocycles. The highest BCUT2D eigenvalue weighted by atomic mass is 16.2. The molecule has 6 N–H and O–H groups in total. The predicted molar refractivity (Wildman–Crippen MR) is 142 cm³/mol. The second-order valence-electron chi connectivity index (χ2n) is 9.22. The molecular weight excluding hydrogens is 458 g/mol. The third-order valence-corrected chi connectivity index (χ3v) is 6.78. The van der Waals surface area contributed by atoms with Crippen LogP contribution >= 0.6 is 0 Å². The Labute approximate surface area is 211 Å². The minimum Gasteiger partial charge on any atom is -0.369 e. The Hall–Kier alpha value is -3.86. The molecule has 36 heavy (non-hydrogen) atoms. The van der Waals surface area contributed by atoms with Crippen molar-refractivity contribution in [3.63, 3.8) is 0 Å². The standard InChI is InChI=1S/C25H35N9O2/c1-17(30-23-8-7-20(15-29-23)33-11-9-32(10-12-33)16-22(27)35)31-24-18(14-26)13-21(25(36)28-2)34(24)19-5-3-4-6-19/h7-8,13-15,19,26,31H,1,3-6,9-12,16H2,2H3,(H2,27,35)(H,28,36)(H,29,30). The van der Waals surface area contributed by atoms with Gasteiger partial charge in [-0.3, -0.25) is 14.5 Å². The lowest BCUT2D eigenvalue weighted by molar-refractivity contribution is -0.119. The van der Waals surface area contributed by atoms with Crippen molar-refractivity contribution in [3.05, 3.63) is 48.1 Å². The van der Waals surface area contributed by atoms with Gasteiger partial charge in [-0.1, -0.05) is 19.4 Å². The number of carbonyl (C=O) groups excluding carboxylic acids is 2. The van der Waals surface area contributed by atoms with Gasteiger partial charge in [-0.15, -0.1) is 0 Å². The molecule has 2 aromatic heterocycles. The zero-order valence-electron chi connectivity index (χ0n) is 20.7. The lowest BCUT2D eigenvalue weighted by atomic mass is 10.2. The third kappa shape index (κ3) is 5.68. The zero-order valence-corrected chi connectivity index (χ0v) is 20.7.